The molecule has 1 amide bonds. The zero-order valence-corrected chi connectivity index (χ0v) is 8.52. The Labute approximate surface area is 86.1 Å². The van der Waals surface area contributed by atoms with Crippen molar-refractivity contribution in [1.82, 2.24) is 5.32 Å². The minimum atomic E-state index is -0.733. The van der Waals surface area contributed by atoms with E-state index >= 15 is 0 Å². The summed E-state index contributed by atoms with van der Waals surface area (Å²) >= 11 is 1.41. The van der Waals surface area contributed by atoms with Crippen molar-refractivity contribution in [3.63, 3.8) is 0 Å². The number of nitrogens with one attached hydrogen (secondary N) is 1. The fourth-order valence-electron chi connectivity index (χ4n) is 1.72. The van der Waals surface area contributed by atoms with E-state index < -0.39 is 6.17 Å². The van der Waals surface area contributed by atoms with E-state index in [1.807, 2.05) is 11.4 Å². The molecule has 1 N–H and O–H groups in total. The number of halogens is 1. The predicted octanol–water partition coefficient (Wildman–Crippen LogP) is 2.37. The number of carbonyl (C=O) groups excluding carboxylic acids is 1. The van der Waals surface area contributed by atoms with Crippen molar-refractivity contribution in [3.8, 4) is 0 Å². The van der Waals surface area contributed by atoms with E-state index in [0.29, 0.717) is 17.7 Å². The lowest BCUT2D eigenvalue weighted by Gasteiger charge is -2.10. The summed E-state index contributed by atoms with van der Waals surface area (Å²) < 4.78 is 12.8. The lowest BCUT2D eigenvalue weighted by Crippen LogP contribution is -2.32. The van der Waals surface area contributed by atoms with Gasteiger partial charge >= 0.3 is 0 Å². The van der Waals surface area contributed by atoms with Crippen molar-refractivity contribution >= 4 is 17.2 Å². The number of alkyl halides is 1. The van der Waals surface area contributed by atoms with Crippen LogP contribution in [0.2, 0.25) is 0 Å². The monoisotopic (exact) mass is 213 g/mol. The van der Waals surface area contributed by atoms with Crippen LogP contribution in [0.5, 0.6) is 0 Å². The van der Waals surface area contributed by atoms with Gasteiger partial charge in [0.25, 0.3) is 5.91 Å². The molecular formula is C10H12FNOS. The fraction of sp³-hybridized carbons (Fsp3) is 0.500. The van der Waals surface area contributed by atoms with Crippen molar-refractivity contribution in [3.05, 3.63) is 22.4 Å². The van der Waals surface area contributed by atoms with Crippen LogP contribution < -0.4 is 5.32 Å². The van der Waals surface area contributed by atoms with E-state index in [0.717, 1.165) is 6.42 Å². The summed E-state index contributed by atoms with van der Waals surface area (Å²) in [6.07, 6.45) is 1.08. The average molecular weight is 213 g/mol. The fourth-order valence-corrected chi connectivity index (χ4v) is 2.35. The Morgan fingerprint density at radius 1 is 1.57 bits per heavy atom. The molecular weight excluding hydrogens is 201 g/mol. The number of thiophene rings is 1. The number of amides is 1. The molecule has 76 valence electrons. The van der Waals surface area contributed by atoms with Crippen LogP contribution >= 0.6 is 11.3 Å². The van der Waals surface area contributed by atoms with Crippen LogP contribution in [0.15, 0.2) is 17.5 Å². The van der Waals surface area contributed by atoms with Gasteiger partial charge in [-0.2, -0.15) is 0 Å². The largest absolute Gasteiger partial charge is 0.349 e. The Hall–Kier alpha value is -0.900. The van der Waals surface area contributed by atoms with Crippen LogP contribution in [-0.4, -0.2) is 18.1 Å². The summed E-state index contributed by atoms with van der Waals surface area (Å²) in [5.41, 5.74) is 0. The molecule has 2 rings (SSSR count). The maximum absolute atomic E-state index is 12.8. The van der Waals surface area contributed by atoms with Gasteiger partial charge in [-0.25, -0.2) is 4.39 Å². The summed E-state index contributed by atoms with van der Waals surface area (Å²) in [4.78, 5) is 12.2. The van der Waals surface area contributed by atoms with E-state index in [4.69, 9.17) is 0 Å². The third kappa shape index (κ3) is 2.12. The molecule has 1 aliphatic rings. The van der Waals surface area contributed by atoms with Gasteiger partial charge in [0.2, 0.25) is 0 Å². The molecule has 0 radical (unpaired) electrons. The van der Waals surface area contributed by atoms with Gasteiger partial charge in [0.05, 0.1) is 4.88 Å². The van der Waals surface area contributed by atoms with Crippen LogP contribution in [0.1, 0.15) is 28.9 Å². The first-order valence-corrected chi connectivity index (χ1v) is 5.62. The first-order valence-electron chi connectivity index (χ1n) is 4.74. The van der Waals surface area contributed by atoms with E-state index in [9.17, 15) is 9.18 Å². The summed E-state index contributed by atoms with van der Waals surface area (Å²) in [5, 5.41) is 4.71. The molecule has 0 aliphatic heterocycles. The van der Waals surface area contributed by atoms with Crippen LogP contribution in [0.25, 0.3) is 0 Å². The van der Waals surface area contributed by atoms with E-state index in [2.05, 4.69) is 5.32 Å². The first-order chi connectivity index (χ1) is 6.75. The van der Waals surface area contributed by atoms with Gasteiger partial charge in [-0.15, -0.1) is 11.3 Å². The summed E-state index contributed by atoms with van der Waals surface area (Å²) in [7, 11) is 0. The molecule has 0 bridgehead atoms. The Morgan fingerprint density at radius 3 is 3.00 bits per heavy atom. The second kappa shape index (κ2) is 4.09. The minimum absolute atomic E-state index is 0.0274. The molecule has 1 aromatic rings. The van der Waals surface area contributed by atoms with Gasteiger partial charge in [0.15, 0.2) is 0 Å². The zero-order valence-electron chi connectivity index (χ0n) is 7.70. The van der Waals surface area contributed by atoms with Gasteiger partial charge in [-0.3, -0.25) is 4.79 Å². The highest BCUT2D eigenvalue weighted by molar-refractivity contribution is 7.12. The highest BCUT2D eigenvalue weighted by Crippen LogP contribution is 2.22. The zero-order chi connectivity index (χ0) is 9.97. The standard InChI is InChI=1S/C10H12FNOS/c11-7-3-4-8(6-7)12-10(13)9-2-1-5-14-9/h1-2,5,7-8H,3-4,6H2,(H,12,13). The second-order valence-electron chi connectivity index (χ2n) is 3.56. The normalized spacial score (nSPS) is 26.4. The molecule has 2 atom stereocenters. The average Bonchev–Trinajstić information content (AvgIpc) is 2.75. The van der Waals surface area contributed by atoms with Crippen molar-refractivity contribution in [1.29, 1.82) is 0 Å². The molecule has 0 aromatic carbocycles. The van der Waals surface area contributed by atoms with Gasteiger partial charge in [-0.1, -0.05) is 6.07 Å². The third-order valence-electron chi connectivity index (χ3n) is 2.45. The van der Waals surface area contributed by atoms with Gasteiger partial charge < -0.3 is 5.32 Å². The molecule has 1 aromatic heterocycles. The number of hydrogen-bond donors (Lipinski definition) is 1. The molecule has 0 spiro atoms. The number of hydrogen-bond acceptors (Lipinski definition) is 2. The van der Waals surface area contributed by atoms with Crippen LogP contribution in [0.3, 0.4) is 0 Å². The smallest absolute Gasteiger partial charge is 0.261 e. The maximum Gasteiger partial charge on any atom is 0.261 e. The van der Waals surface area contributed by atoms with E-state index in [1.165, 1.54) is 11.3 Å². The molecule has 1 saturated carbocycles. The number of rotatable bonds is 2. The van der Waals surface area contributed by atoms with Crippen molar-refractivity contribution < 1.29 is 9.18 Å². The Bertz CT molecular complexity index is 312. The highest BCUT2D eigenvalue weighted by Gasteiger charge is 2.25. The topological polar surface area (TPSA) is 29.1 Å². The summed E-state index contributed by atoms with van der Waals surface area (Å²) in [6.45, 7) is 0. The Kier molecular flexibility index (Phi) is 2.82. The van der Waals surface area contributed by atoms with E-state index in [1.54, 1.807) is 6.07 Å². The molecule has 2 nitrogen and oxygen atoms in total. The lowest BCUT2D eigenvalue weighted by atomic mass is 10.2. The van der Waals surface area contributed by atoms with Crippen molar-refractivity contribution in [2.75, 3.05) is 0 Å². The van der Waals surface area contributed by atoms with Gasteiger partial charge in [-0.05, 0) is 30.7 Å². The molecule has 0 saturated heterocycles. The van der Waals surface area contributed by atoms with Gasteiger partial charge in [0.1, 0.15) is 6.17 Å². The predicted molar refractivity (Wildman–Crippen MR) is 54.3 cm³/mol. The lowest BCUT2D eigenvalue weighted by molar-refractivity contribution is 0.0941. The quantitative estimate of drug-likeness (QED) is 0.802. The Morgan fingerprint density at radius 2 is 2.43 bits per heavy atom. The molecule has 2 unspecified atom stereocenters. The van der Waals surface area contributed by atoms with E-state index in [-0.39, 0.29) is 11.9 Å². The maximum atomic E-state index is 12.8. The van der Waals surface area contributed by atoms with Crippen molar-refractivity contribution in [2.45, 2.75) is 31.5 Å². The van der Waals surface area contributed by atoms with Crippen LogP contribution in [0, 0.1) is 0 Å². The molecule has 1 aliphatic carbocycles. The van der Waals surface area contributed by atoms with Crippen LogP contribution in [-0.2, 0) is 0 Å². The van der Waals surface area contributed by atoms with Gasteiger partial charge in [0, 0.05) is 6.04 Å². The summed E-state index contributed by atoms with van der Waals surface area (Å²) in [5.74, 6) is -0.0703. The SMILES string of the molecule is O=C(NC1CCC(F)C1)c1cccs1. The third-order valence-corrected chi connectivity index (χ3v) is 3.32. The molecule has 4 heteroatoms. The molecule has 1 heterocycles. The number of carbonyl (C=O) groups is 1. The first kappa shape index (κ1) is 9.65. The second-order valence-corrected chi connectivity index (χ2v) is 4.51. The van der Waals surface area contributed by atoms with Crippen molar-refractivity contribution in [2.24, 2.45) is 0 Å². The summed E-state index contributed by atoms with van der Waals surface area (Å²) in [6, 6.07) is 3.65. The highest BCUT2D eigenvalue weighted by atomic mass is 32.1. The Balaban J connectivity index is 1.89. The molecule has 14 heavy (non-hydrogen) atoms. The molecule has 1 fully saturated rings. The minimum Gasteiger partial charge on any atom is -0.349 e. The van der Waals surface area contributed by atoms with Crippen LogP contribution in [0.4, 0.5) is 4.39 Å².